The number of nitrogens with zero attached hydrogens (tertiary/aromatic N) is 2. The molecule has 2 heterocycles. The van der Waals surface area contributed by atoms with Gasteiger partial charge in [0.05, 0.1) is 6.54 Å². The zero-order chi connectivity index (χ0) is 21.5. The lowest BCUT2D eigenvalue weighted by Crippen LogP contribution is -2.42. The lowest BCUT2D eigenvalue weighted by Gasteiger charge is -2.36. The van der Waals surface area contributed by atoms with Gasteiger partial charge in [-0.25, -0.2) is 0 Å². The Balaban J connectivity index is 0.000000589. The van der Waals surface area contributed by atoms with Crippen LogP contribution in [0.2, 0.25) is 0 Å². The second-order valence-corrected chi connectivity index (χ2v) is 8.02. The van der Waals surface area contributed by atoms with Crippen LogP contribution in [0.15, 0.2) is 48.5 Å². The van der Waals surface area contributed by atoms with Crippen LogP contribution in [0.3, 0.4) is 0 Å². The van der Waals surface area contributed by atoms with Crippen molar-refractivity contribution in [1.29, 1.82) is 0 Å². The SMILES string of the molecule is CC(=O)O.O=C(O)CN1CCCC(CN2c3ccccc3CCc3ccccc32)C1. The summed E-state index contributed by atoms with van der Waals surface area (Å²) in [4.78, 5) is 24.7. The summed E-state index contributed by atoms with van der Waals surface area (Å²) in [6.07, 6.45) is 4.38. The highest BCUT2D eigenvalue weighted by atomic mass is 16.4. The molecule has 0 aromatic heterocycles. The first-order valence-electron chi connectivity index (χ1n) is 10.5. The molecule has 1 unspecified atom stereocenters. The number of carbonyl (C=O) groups is 2. The Hall–Kier alpha value is -2.86. The van der Waals surface area contributed by atoms with E-state index in [2.05, 4.69) is 58.3 Å². The summed E-state index contributed by atoms with van der Waals surface area (Å²) in [6, 6.07) is 17.4. The number of aryl methyl sites for hydroxylation is 2. The molecule has 1 fully saturated rings. The minimum atomic E-state index is -0.833. The normalized spacial score (nSPS) is 18.3. The fourth-order valence-corrected chi connectivity index (χ4v) is 4.46. The second kappa shape index (κ2) is 10.3. The van der Waals surface area contributed by atoms with Gasteiger partial charge >= 0.3 is 5.97 Å². The number of carboxylic acids is 2. The lowest BCUT2D eigenvalue weighted by atomic mass is 9.96. The Morgan fingerprint density at radius 1 is 0.967 bits per heavy atom. The van der Waals surface area contributed by atoms with Crippen LogP contribution in [0.1, 0.15) is 30.9 Å². The summed E-state index contributed by atoms with van der Waals surface area (Å²) in [5.74, 6) is -1.07. The molecule has 1 saturated heterocycles. The molecule has 0 spiro atoms. The molecule has 2 N–H and O–H groups in total. The maximum atomic E-state index is 11.1. The molecule has 2 aromatic rings. The average Bonchev–Trinajstić information content (AvgIpc) is 2.85. The molecule has 0 amide bonds. The molecule has 160 valence electrons. The molecule has 6 heteroatoms. The molecule has 0 radical (unpaired) electrons. The third kappa shape index (κ3) is 5.83. The molecule has 0 saturated carbocycles. The minimum absolute atomic E-state index is 0.156. The summed E-state index contributed by atoms with van der Waals surface area (Å²) in [6.45, 7) is 3.96. The zero-order valence-electron chi connectivity index (χ0n) is 17.5. The van der Waals surface area contributed by atoms with Gasteiger partial charge in [-0.05, 0) is 61.4 Å². The number of anilines is 2. The zero-order valence-corrected chi connectivity index (χ0v) is 17.5. The molecule has 0 bridgehead atoms. The third-order valence-corrected chi connectivity index (χ3v) is 5.63. The summed E-state index contributed by atoms with van der Waals surface area (Å²) >= 11 is 0. The van der Waals surface area contributed by atoms with E-state index in [0.717, 1.165) is 52.2 Å². The first kappa shape index (κ1) is 21.8. The summed E-state index contributed by atoms with van der Waals surface area (Å²) in [5, 5.41) is 16.5. The van der Waals surface area contributed by atoms with Gasteiger partial charge in [-0.2, -0.15) is 0 Å². The Kier molecular flexibility index (Phi) is 7.46. The van der Waals surface area contributed by atoms with Crippen LogP contribution in [0, 0.1) is 5.92 Å². The van der Waals surface area contributed by atoms with Gasteiger partial charge in [0.2, 0.25) is 0 Å². The van der Waals surface area contributed by atoms with Gasteiger partial charge in [0, 0.05) is 31.4 Å². The van der Waals surface area contributed by atoms with Gasteiger partial charge in [-0.15, -0.1) is 0 Å². The molecule has 30 heavy (non-hydrogen) atoms. The number of benzene rings is 2. The van der Waals surface area contributed by atoms with E-state index in [1.807, 2.05) is 0 Å². The van der Waals surface area contributed by atoms with Crippen molar-refractivity contribution >= 4 is 23.3 Å². The van der Waals surface area contributed by atoms with Gasteiger partial charge in [-0.1, -0.05) is 36.4 Å². The number of likely N-dealkylation sites (tertiary alicyclic amines) is 1. The summed E-state index contributed by atoms with van der Waals surface area (Å²) in [5.41, 5.74) is 5.43. The van der Waals surface area contributed by atoms with E-state index in [1.165, 1.54) is 22.5 Å². The number of rotatable bonds is 4. The van der Waals surface area contributed by atoms with E-state index < -0.39 is 11.9 Å². The summed E-state index contributed by atoms with van der Waals surface area (Å²) in [7, 11) is 0. The molecule has 4 rings (SSSR count). The van der Waals surface area contributed by atoms with Crippen molar-refractivity contribution in [3.8, 4) is 0 Å². The number of piperidine rings is 1. The van der Waals surface area contributed by atoms with Crippen LogP contribution in [0.5, 0.6) is 0 Å². The van der Waals surface area contributed by atoms with E-state index in [4.69, 9.17) is 15.0 Å². The van der Waals surface area contributed by atoms with Gasteiger partial charge < -0.3 is 15.1 Å². The molecule has 2 aliphatic heterocycles. The molecular formula is C24H30N2O4. The van der Waals surface area contributed by atoms with E-state index in [9.17, 15) is 4.79 Å². The van der Waals surface area contributed by atoms with E-state index in [1.54, 1.807) is 0 Å². The first-order chi connectivity index (χ1) is 14.4. The van der Waals surface area contributed by atoms with Crippen molar-refractivity contribution in [2.45, 2.75) is 32.6 Å². The van der Waals surface area contributed by atoms with Gasteiger partial charge in [0.15, 0.2) is 0 Å². The highest BCUT2D eigenvalue weighted by Crippen LogP contribution is 2.37. The highest BCUT2D eigenvalue weighted by molar-refractivity contribution is 5.71. The first-order valence-corrected chi connectivity index (χ1v) is 10.5. The summed E-state index contributed by atoms with van der Waals surface area (Å²) < 4.78 is 0. The maximum absolute atomic E-state index is 11.1. The Bertz CT molecular complexity index is 832. The topological polar surface area (TPSA) is 81.1 Å². The lowest BCUT2D eigenvalue weighted by molar-refractivity contribution is -0.139. The molecule has 1 atom stereocenters. The van der Waals surface area contributed by atoms with Crippen LogP contribution in [-0.2, 0) is 22.4 Å². The van der Waals surface area contributed by atoms with Gasteiger partial charge in [-0.3, -0.25) is 14.5 Å². The minimum Gasteiger partial charge on any atom is -0.481 e. The van der Waals surface area contributed by atoms with Crippen molar-refractivity contribution in [2.24, 2.45) is 5.92 Å². The third-order valence-electron chi connectivity index (χ3n) is 5.63. The predicted octanol–water partition coefficient (Wildman–Crippen LogP) is 3.81. The van der Waals surface area contributed by atoms with Crippen LogP contribution in [0.4, 0.5) is 11.4 Å². The van der Waals surface area contributed by atoms with Gasteiger partial charge in [0.25, 0.3) is 5.97 Å². The Morgan fingerprint density at radius 3 is 2.03 bits per heavy atom. The molecule has 2 aliphatic rings. The molecule has 6 nitrogen and oxygen atoms in total. The van der Waals surface area contributed by atoms with Crippen molar-refractivity contribution < 1.29 is 19.8 Å². The van der Waals surface area contributed by atoms with Crippen molar-refractivity contribution in [3.63, 3.8) is 0 Å². The molecule has 0 aliphatic carbocycles. The number of hydrogen-bond donors (Lipinski definition) is 2. The largest absolute Gasteiger partial charge is 0.481 e. The number of fused-ring (bicyclic) bond motifs is 2. The average molecular weight is 411 g/mol. The molecular weight excluding hydrogens is 380 g/mol. The fourth-order valence-electron chi connectivity index (χ4n) is 4.46. The predicted molar refractivity (Wildman–Crippen MR) is 117 cm³/mol. The Labute approximate surface area is 177 Å². The Morgan fingerprint density at radius 2 is 1.50 bits per heavy atom. The second-order valence-electron chi connectivity index (χ2n) is 8.02. The highest BCUT2D eigenvalue weighted by Gasteiger charge is 2.27. The van der Waals surface area contributed by atoms with Crippen LogP contribution >= 0.6 is 0 Å². The smallest absolute Gasteiger partial charge is 0.317 e. The van der Waals surface area contributed by atoms with E-state index in [-0.39, 0.29) is 6.54 Å². The van der Waals surface area contributed by atoms with Crippen LogP contribution < -0.4 is 4.90 Å². The number of carboxylic acid groups (broad SMARTS) is 2. The molecule has 2 aromatic carbocycles. The van der Waals surface area contributed by atoms with Crippen molar-refractivity contribution in [3.05, 3.63) is 59.7 Å². The van der Waals surface area contributed by atoms with Crippen LogP contribution in [-0.4, -0.2) is 53.2 Å². The number of hydrogen-bond acceptors (Lipinski definition) is 4. The standard InChI is InChI=1S/C22H26N2O2.C2H4O2/c25-22(26)16-23-13-5-6-17(14-23)15-24-20-9-3-1-7-18(20)11-12-19-8-2-4-10-21(19)24;1-2(3)4/h1-4,7-10,17H,5-6,11-16H2,(H,25,26);1H3,(H,3,4). The monoisotopic (exact) mass is 410 g/mol. The van der Waals surface area contributed by atoms with Crippen LogP contribution in [0.25, 0.3) is 0 Å². The fraction of sp³-hybridized carbons (Fsp3) is 0.417. The van der Waals surface area contributed by atoms with Crippen molar-refractivity contribution in [2.75, 3.05) is 31.1 Å². The van der Waals surface area contributed by atoms with E-state index >= 15 is 0 Å². The number of para-hydroxylation sites is 2. The maximum Gasteiger partial charge on any atom is 0.317 e. The van der Waals surface area contributed by atoms with Crippen molar-refractivity contribution in [1.82, 2.24) is 4.90 Å². The quantitative estimate of drug-likeness (QED) is 0.798. The van der Waals surface area contributed by atoms with E-state index in [0.29, 0.717) is 5.92 Å². The van der Waals surface area contributed by atoms with Gasteiger partial charge in [0.1, 0.15) is 0 Å². The number of aliphatic carboxylic acids is 2.